The molecule has 94 valence electrons. The van der Waals surface area contributed by atoms with Gasteiger partial charge in [-0.15, -0.1) is 0 Å². The van der Waals surface area contributed by atoms with Crippen molar-refractivity contribution in [2.75, 3.05) is 11.1 Å². The SMILES string of the molecule is N#Cc1ccc(NC(=O)CC2(CS)CC2)c(Br)c1. The third kappa shape index (κ3) is 3.06. The second kappa shape index (κ2) is 5.33. The van der Waals surface area contributed by atoms with Crippen molar-refractivity contribution in [3.8, 4) is 6.07 Å². The third-order valence-corrected chi connectivity index (χ3v) is 4.53. The molecule has 0 spiro atoms. The van der Waals surface area contributed by atoms with Crippen LogP contribution in [0.4, 0.5) is 5.69 Å². The highest BCUT2D eigenvalue weighted by atomic mass is 79.9. The summed E-state index contributed by atoms with van der Waals surface area (Å²) in [6, 6.07) is 7.17. The van der Waals surface area contributed by atoms with Crippen molar-refractivity contribution in [3.05, 3.63) is 28.2 Å². The van der Waals surface area contributed by atoms with Crippen molar-refractivity contribution in [2.45, 2.75) is 19.3 Å². The zero-order valence-electron chi connectivity index (χ0n) is 9.74. The molecule has 2 rings (SSSR count). The first-order chi connectivity index (χ1) is 8.58. The molecule has 3 nitrogen and oxygen atoms in total. The summed E-state index contributed by atoms with van der Waals surface area (Å²) in [6.45, 7) is 0. The number of carbonyl (C=O) groups excluding carboxylic acids is 1. The van der Waals surface area contributed by atoms with Crippen molar-refractivity contribution >= 4 is 40.2 Å². The van der Waals surface area contributed by atoms with Gasteiger partial charge >= 0.3 is 0 Å². The van der Waals surface area contributed by atoms with E-state index in [2.05, 4.69) is 39.9 Å². The number of nitrogens with one attached hydrogen (secondary N) is 1. The molecule has 1 fully saturated rings. The number of rotatable bonds is 4. The molecular weight excluding hydrogens is 312 g/mol. The minimum atomic E-state index is 0.00644. The maximum absolute atomic E-state index is 11.9. The summed E-state index contributed by atoms with van der Waals surface area (Å²) in [4.78, 5) is 11.9. The van der Waals surface area contributed by atoms with Crippen LogP contribution in [0.1, 0.15) is 24.8 Å². The molecule has 0 atom stereocenters. The van der Waals surface area contributed by atoms with Crippen LogP contribution in [0.15, 0.2) is 22.7 Å². The summed E-state index contributed by atoms with van der Waals surface area (Å²) in [5, 5.41) is 11.6. The predicted molar refractivity (Wildman–Crippen MR) is 77.6 cm³/mol. The predicted octanol–water partition coefficient (Wildman–Crippen LogP) is 3.36. The van der Waals surface area contributed by atoms with Crippen LogP contribution >= 0.6 is 28.6 Å². The van der Waals surface area contributed by atoms with E-state index < -0.39 is 0 Å². The van der Waals surface area contributed by atoms with Gasteiger partial charge < -0.3 is 5.32 Å². The number of nitrogens with zero attached hydrogens (tertiary/aromatic N) is 1. The Balaban J connectivity index is 2.01. The number of carbonyl (C=O) groups is 1. The Hall–Kier alpha value is -0.990. The Bertz CT molecular complexity index is 520. The number of benzene rings is 1. The average Bonchev–Trinajstić information content (AvgIpc) is 3.12. The molecular formula is C13H13BrN2OS. The largest absolute Gasteiger partial charge is 0.325 e. The number of nitriles is 1. The van der Waals surface area contributed by atoms with E-state index in [4.69, 9.17) is 5.26 Å². The lowest BCUT2D eigenvalue weighted by molar-refractivity contribution is -0.117. The standard InChI is InChI=1S/C13H13BrN2OS/c14-10-5-9(7-15)1-2-11(10)16-12(17)6-13(8-18)3-4-13/h1-2,5,18H,3-4,6,8H2,(H,16,17). The van der Waals surface area contributed by atoms with Gasteiger partial charge in [-0.05, 0) is 58.1 Å². The van der Waals surface area contributed by atoms with Gasteiger partial charge in [0.15, 0.2) is 0 Å². The quantitative estimate of drug-likeness (QED) is 0.834. The smallest absolute Gasteiger partial charge is 0.224 e. The maximum Gasteiger partial charge on any atom is 0.224 e. The zero-order valence-corrected chi connectivity index (χ0v) is 12.2. The molecule has 0 radical (unpaired) electrons. The van der Waals surface area contributed by atoms with Crippen LogP contribution in [0.25, 0.3) is 0 Å². The van der Waals surface area contributed by atoms with Crippen LogP contribution in [-0.4, -0.2) is 11.7 Å². The number of thiol groups is 1. The molecule has 1 aliphatic rings. The summed E-state index contributed by atoms with van der Waals surface area (Å²) in [7, 11) is 0. The molecule has 0 saturated heterocycles. The first-order valence-electron chi connectivity index (χ1n) is 5.69. The van der Waals surface area contributed by atoms with E-state index in [9.17, 15) is 4.79 Å². The second-order valence-electron chi connectivity index (χ2n) is 4.69. The van der Waals surface area contributed by atoms with E-state index >= 15 is 0 Å². The number of amides is 1. The highest BCUT2D eigenvalue weighted by Gasteiger charge is 2.42. The van der Waals surface area contributed by atoms with Gasteiger partial charge in [0, 0.05) is 10.9 Å². The van der Waals surface area contributed by atoms with E-state index in [-0.39, 0.29) is 11.3 Å². The summed E-state index contributed by atoms with van der Waals surface area (Å²) in [6.07, 6.45) is 2.68. The van der Waals surface area contributed by atoms with Crippen molar-refractivity contribution in [1.82, 2.24) is 0 Å². The van der Waals surface area contributed by atoms with E-state index in [1.807, 2.05) is 0 Å². The fourth-order valence-electron chi connectivity index (χ4n) is 1.79. The van der Waals surface area contributed by atoms with E-state index in [1.165, 1.54) is 0 Å². The normalized spacial score (nSPS) is 15.8. The molecule has 1 amide bonds. The van der Waals surface area contributed by atoms with Crippen LogP contribution in [0.3, 0.4) is 0 Å². The van der Waals surface area contributed by atoms with Crippen molar-refractivity contribution in [1.29, 1.82) is 5.26 Å². The summed E-state index contributed by atoms with van der Waals surface area (Å²) in [5.41, 5.74) is 1.38. The van der Waals surface area contributed by atoms with Crippen LogP contribution in [0.2, 0.25) is 0 Å². The maximum atomic E-state index is 11.9. The van der Waals surface area contributed by atoms with E-state index in [0.717, 1.165) is 23.1 Å². The second-order valence-corrected chi connectivity index (χ2v) is 5.86. The van der Waals surface area contributed by atoms with Crippen molar-refractivity contribution in [2.24, 2.45) is 5.41 Å². The molecule has 1 aliphatic carbocycles. The minimum Gasteiger partial charge on any atom is -0.325 e. The van der Waals surface area contributed by atoms with Crippen LogP contribution in [0.5, 0.6) is 0 Å². The highest BCUT2D eigenvalue weighted by Crippen LogP contribution is 2.49. The Morgan fingerprint density at radius 2 is 2.28 bits per heavy atom. The molecule has 0 bridgehead atoms. The van der Waals surface area contributed by atoms with Gasteiger partial charge in [-0.3, -0.25) is 4.79 Å². The Labute approximate surface area is 120 Å². The molecule has 0 unspecified atom stereocenters. The highest BCUT2D eigenvalue weighted by molar-refractivity contribution is 9.10. The molecule has 1 saturated carbocycles. The molecule has 18 heavy (non-hydrogen) atoms. The molecule has 0 aliphatic heterocycles. The van der Waals surface area contributed by atoms with Gasteiger partial charge in [0.05, 0.1) is 17.3 Å². The average molecular weight is 325 g/mol. The van der Waals surface area contributed by atoms with Gasteiger partial charge in [-0.2, -0.15) is 17.9 Å². The lowest BCUT2D eigenvalue weighted by Gasteiger charge is -2.12. The molecule has 0 aromatic heterocycles. The van der Waals surface area contributed by atoms with Crippen molar-refractivity contribution in [3.63, 3.8) is 0 Å². The van der Waals surface area contributed by atoms with Crippen LogP contribution in [-0.2, 0) is 4.79 Å². The summed E-state index contributed by atoms with van der Waals surface area (Å²) in [5.74, 6) is 0.765. The Morgan fingerprint density at radius 3 is 2.78 bits per heavy atom. The van der Waals surface area contributed by atoms with Crippen LogP contribution < -0.4 is 5.32 Å². The lowest BCUT2D eigenvalue weighted by Crippen LogP contribution is -2.18. The number of hydrogen-bond donors (Lipinski definition) is 2. The van der Waals surface area contributed by atoms with Gasteiger partial charge in [-0.1, -0.05) is 0 Å². The first kappa shape index (κ1) is 13.4. The number of anilines is 1. The number of halogens is 1. The van der Waals surface area contributed by atoms with Gasteiger partial charge in [-0.25, -0.2) is 0 Å². The summed E-state index contributed by atoms with van der Waals surface area (Å²) < 4.78 is 0.727. The fourth-order valence-corrected chi connectivity index (χ4v) is 2.69. The molecule has 5 heteroatoms. The van der Waals surface area contributed by atoms with Gasteiger partial charge in [0.2, 0.25) is 5.91 Å². The first-order valence-corrected chi connectivity index (χ1v) is 7.11. The van der Waals surface area contributed by atoms with Crippen molar-refractivity contribution < 1.29 is 4.79 Å². The van der Waals surface area contributed by atoms with Gasteiger partial charge in [0.1, 0.15) is 0 Å². The van der Waals surface area contributed by atoms with E-state index in [1.54, 1.807) is 18.2 Å². The molecule has 0 heterocycles. The van der Waals surface area contributed by atoms with Crippen LogP contribution in [0, 0.1) is 16.7 Å². The van der Waals surface area contributed by atoms with Gasteiger partial charge in [0.25, 0.3) is 0 Å². The Morgan fingerprint density at radius 1 is 1.56 bits per heavy atom. The molecule has 1 aromatic carbocycles. The molecule has 1 aromatic rings. The minimum absolute atomic E-state index is 0.00644. The Kier molecular flexibility index (Phi) is 3.98. The zero-order chi connectivity index (χ0) is 13.2. The fraction of sp³-hybridized carbons (Fsp3) is 0.385. The topological polar surface area (TPSA) is 52.9 Å². The number of hydrogen-bond acceptors (Lipinski definition) is 3. The van der Waals surface area contributed by atoms with E-state index in [0.29, 0.717) is 17.7 Å². The monoisotopic (exact) mass is 324 g/mol. The lowest BCUT2D eigenvalue weighted by atomic mass is 10.1. The third-order valence-electron chi connectivity index (χ3n) is 3.20. The summed E-state index contributed by atoms with van der Waals surface area (Å²) >= 11 is 7.63. The molecule has 1 N–H and O–H groups in total.